The number of aromatic nitrogens is 2. The smallest absolute Gasteiger partial charge is 0.231 e. The number of para-hydroxylation sites is 1. The fraction of sp³-hybridized carbons (Fsp3) is 0.263. The summed E-state index contributed by atoms with van der Waals surface area (Å²) in [5.41, 5.74) is 1.92. The second-order valence-electron chi connectivity index (χ2n) is 5.96. The van der Waals surface area contributed by atoms with Crippen LogP contribution in [0.15, 0.2) is 42.5 Å². The Balaban J connectivity index is 1.54. The topological polar surface area (TPSA) is 88.5 Å². The monoisotopic (exact) mass is 352 g/mol. The summed E-state index contributed by atoms with van der Waals surface area (Å²) in [5.74, 6) is 2.84. The number of ether oxygens (including phenoxy) is 2. The first kappa shape index (κ1) is 16.4. The minimum atomic E-state index is 0.144. The summed E-state index contributed by atoms with van der Waals surface area (Å²) in [4.78, 5) is 9.17. The van der Waals surface area contributed by atoms with Gasteiger partial charge in [-0.25, -0.2) is 4.98 Å². The third-order valence-corrected chi connectivity index (χ3v) is 4.12. The van der Waals surface area contributed by atoms with E-state index in [0.29, 0.717) is 25.5 Å². The number of hydrogen-bond donors (Lipinski definition) is 3. The molecule has 0 unspecified atom stereocenters. The summed E-state index contributed by atoms with van der Waals surface area (Å²) in [6.07, 6.45) is 0.665. The van der Waals surface area contributed by atoms with Crippen LogP contribution in [0.5, 0.6) is 11.5 Å². The van der Waals surface area contributed by atoms with Crippen molar-refractivity contribution in [1.29, 1.82) is 0 Å². The van der Waals surface area contributed by atoms with Crippen LogP contribution in [0.2, 0.25) is 0 Å². The first-order valence-corrected chi connectivity index (χ1v) is 8.57. The lowest BCUT2D eigenvalue weighted by Gasteiger charge is -2.12. The molecule has 1 aromatic heterocycles. The van der Waals surface area contributed by atoms with Crippen molar-refractivity contribution in [1.82, 2.24) is 9.97 Å². The Morgan fingerprint density at radius 3 is 2.81 bits per heavy atom. The molecule has 0 saturated heterocycles. The zero-order chi connectivity index (χ0) is 17.8. The molecule has 4 rings (SSSR count). The largest absolute Gasteiger partial charge is 0.454 e. The number of aliphatic hydroxyl groups is 1. The number of benzene rings is 2. The van der Waals surface area contributed by atoms with E-state index in [2.05, 4.69) is 20.6 Å². The molecule has 0 saturated carbocycles. The van der Waals surface area contributed by atoms with Gasteiger partial charge in [0, 0.05) is 25.1 Å². The minimum Gasteiger partial charge on any atom is -0.454 e. The number of anilines is 2. The van der Waals surface area contributed by atoms with Crippen LogP contribution in [0.1, 0.15) is 12.0 Å². The van der Waals surface area contributed by atoms with E-state index >= 15 is 0 Å². The lowest BCUT2D eigenvalue weighted by molar-refractivity contribution is 0.174. The maximum absolute atomic E-state index is 8.98. The molecule has 2 aromatic carbocycles. The molecule has 3 aromatic rings. The number of hydrogen-bond acceptors (Lipinski definition) is 7. The molecule has 26 heavy (non-hydrogen) atoms. The van der Waals surface area contributed by atoms with Gasteiger partial charge in [0.05, 0.1) is 5.52 Å². The molecule has 7 heteroatoms. The van der Waals surface area contributed by atoms with Gasteiger partial charge in [0.1, 0.15) is 5.82 Å². The summed E-state index contributed by atoms with van der Waals surface area (Å²) in [7, 11) is 0. The van der Waals surface area contributed by atoms with Gasteiger partial charge in [0.15, 0.2) is 11.5 Å². The Labute approximate surface area is 151 Å². The normalized spacial score (nSPS) is 12.3. The quantitative estimate of drug-likeness (QED) is 0.564. The van der Waals surface area contributed by atoms with Crippen LogP contribution in [-0.4, -0.2) is 35.0 Å². The average molecular weight is 352 g/mol. The summed E-state index contributed by atoms with van der Waals surface area (Å²) < 4.78 is 10.7. The predicted molar refractivity (Wildman–Crippen MR) is 99.6 cm³/mol. The molecule has 0 atom stereocenters. The first-order valence-electron chi connectivity index (χ1n) is 8.57. The lowest BCUT2D eigenvalue weighted by atomic mass is 10.2. The molecule has 0 aliphatic carbocycles. The van der Waals surface area contributed by atoms with Gasteiger partial charge in [-0.1, -0.05) is 18.2 Å². The summed E-state index contributed by atoms with van der Waals surface area (Å²) in [6, 6.07) is 13.7. The Bertz CT molecular complexity index is 916. The molecule has 3 N–H and O–H groups in total. The van der Waals surface area contributed by atoms with Gasteiger partial charge in [-0.2, -0.15) is 4.98 Å². The molecular formula is C19H20N4O3. The van der Waals surface area contributed by atoms with E-state index in [4.69, 9.17) is 14.6 Å². The second kappa shape index (κ2) is 7.45. The molecule has 1 aliphatic rings. The first-order chi connectivity index (χ1) is 12.8. The van der Waals surface area contributed by atoms with Crippen LogP contribution >= 0.6 is 0 Å². The van der Waals surface area contributed by atoms with Crippen LogP contribution < -0.4 is 20.1 Å². The molecule has 1 aliphatic heterocycles. The number of fused-ring (bicyclic) bond motifs is 2. The number of aliphatic hydroxyl groups excluding tert-OH is 1. The standard InChI is InChI=1S/C19H20N4O3/c24-9-3-8-20-18-14-4-1-2-5-15(14)22-19(23-18)21-11-13-6-7-16-17(10-13)26-12-25-16/h1-2,4-7,10,24H,3,8-9,11-12H2,(H2,20,21,22,23). The number of nitrogens with one attached hydrogen (secondary N) is 2. The highest BCUT2D eigenvalue weighted by atomic mass is 16.7. The lowest BCUT2D eigenvalue weighted by Crippen LogP contribution is -2.09. The summed E-state index contributed by atoms with van der Waals surface area (Å²) >= 11 is 0. The predicted octanol–water partition coefficient (Wildman–Crippen LogP) is 2.76. The molecule has 2 heterocycles. The fourth-order valence-corrected chi connectivity index (χ4v) is 2.81. The Morgan fingerprint density at radius 1 is 1.00 bits per heavy atom. The highest BCUT2D eigenvalue weighted by molar-refractivity contribution is 5.90. The minimum absolute atomic E-state index is 0.144. The van der Waals surface area contributed by atoms with E-state index in [1.54, 1.807) is 0 Å². The van der Waals surface area contributed by atoms with Gasteiger partial charge in [-0.3, -0.25) is 0 Å². The van der Waals surface area contributed by atoms with Gasteiger partial charge in [-0.05, 0) is 36.2 Å². The average Bonchev–Trinajstić information content (AvgIpc) is 3.14. The van der Waals surface area contributed by atoms with Crippen molar-refractivity contribution in [2.45, 2.75) is 13.0 Å². The third-order valence-electron chi connectivity index (χ3n) is 4.12. The molecule has 0 bridgehead atoms. The molecule has 7 nitrogen and oxygen atoms in total. The third kappa shape index (κ3) is 3.48. The maximum Gasteiger partial charge on any atom is 0.231 e. The van der Waals surface area contributed by atoms with Crippen molar-refractivity contribution >= 4 is 22.7 Å². The van der Waals surface area contributed by atoms with Crippen LogP contribution in [0.3, 0.4) is 0 Å². The highest BCUT2D eigenvalue weighted by Gasteiger charge is 2.13. The van der Waals surface area contributed by atoms with Crippen molar-refractivity contribution in [3.8, 4) is 11.5 Å². The van der Waals surface area contributed by atoms with Crippen molar-refractivity contribution in [2.75, 3.05) is 30.6 Å². The van der Waals surface area contributed by atoms with Crippen LogP contribution in [0.25, 0.3) is 10.9 Å². The summed E-state index contributed by atoms with van der Waals surface area (Å²) in [5, 5.41) is 16.5. The van der Waals surface area contributed by atoms with Crippen molar-refractivity contribution in [3.63, 3.8) is 0 Å². The zero-order valence-corrected chi connectivity index (χ0v) is 14.2. The summed E-state index contributed by atoms with van der Waals surface area (Å²) in [6.45, 7) is 1.64. The second-order valence-corrected chi connectivity index (χ2v) is 5.96. The van der Waals surface area contributed by atoms with Gasteiger partial charge in [0.25, 0.3) is 0 Å². The zero-order valence-electron chi connectivity index (χ0n) is 14.2. The molecule has 0 spiro atoms. The van der Waals surface area contributed by atoms with Gasteiger partial charge >= 0.3 is 0 Å². The van der Waals surface area contributed by atoms with E-state index in [9.17, 15) is 0 Å². The van der Waals surface area contributed by atoms with Crippen molar-refractivity contribution in [3.05, 3.63) is 48.0 Å². The van der Waals surface area contributed by atoms with E-state index < -0.39 is 0 Å². The Kier molecular flexibility index (Phi) is 4.70. The molecule has 134 valence electrons. The highest BCUT2D eigenvalue weighted by Crippen LogP contribution is 2.32. The van der Waals surface area contributed by atoms with Crippen molar-refractivity contribution < 1.29 is 14.6 Å². The molecular weight excluding hydrogens is 332 g/mol. The molecule has 0 fully saturated rings. The van der Waals surface area contributed by atoms with E-state index in [-0.39, 0.29) is 13.4 Å². The van der Waals surface area contributed by atoms with Crippen LogP contribution in [-0.2, 0) is 6.54 Å². The SMILES string of the molecule is OCCCNc1nc(NCc2ccc3c(c2)OCO3)nc2ccccc12. The number of nitrogens with zero attached hydrogens (tertiary/aromatic N) is 2. The Morgan fingerprint density at radius 2 is 1.88 bits per heavy atom. The van der Waals surface area contributed by atoms with Crippen LogP contribution in [0.4, 0.5) is 11.8 Å². The van der Waals surface area contributed by atoms with E-state index in [0.717, 1.165) is 33.8 Å². The van der Waals surface area contributed by atoms with Gasteiger partial charge < -0.3 is 25.2 Å². The van der Waals surface area contributed by atoms with Gasteiger partial charge in [-0.15, -0.1) is 0 Å². The number of rotatable bonds is 7. The Hall–Kier alpha value is -3.06. The fourth-order valence-electron chi connectivity index (χ4n) is 2.81. The van der Waals surface area contributed by atoms with Crippen molar-refractivity contribution in [2.24, 2.45) is 0 Å². The van der Waals surface area contributed by atoms with E-state index in [1.807, 2.05) is 42.5 Å². The van der Waals surface area contributed by atoms with E-state index in [1.165, 1.54) is 0 Å². The molecule has 0 amide bonds. The van der Waals surface area contributed by atoms with Crippen LogP contribution in [0, 0.1) is 0 Å². The maximum atomic E-state index is 8.98. The molecule has 0 radical (unpaired) electrons. The van der Waals surface area contributed by atoms with Gasteiger partial charge in [0.2, 0.25) is 12.7 Å².